The SMILES string of the molecule is CC(C)(C)[Si](C)(C)Oc1cc(NC(=O)NCc2cc(CNC(=O)Nc3cc(O[Si](C)(C)C(C)(C)C)cc(O[Si](C)(C)C(C)(C)C)c3)cc(CNC(=O)Nc3cc(O[Si](C)(C)C(C)(C)C)cc(O[Si](C)(C)C(C)(C)C)c3)c2)cc(O[Si](C)(C)C(C)(C)C)c1. The Hall–Kier alpha value is -5.21. The number of hydrogen-bond donors (Lipinski definition) is 6. The van der Waals surface area contributed by atoms with Gasteiger partial charge in [0.1, 0.15) is 34.5 Å². The molecule has 4 aromatic rings. The molecule has 0 aromatic heterocycles. The van der Waals surface area contributed by atoms with E-state index in [-0.39, 0.29) is 49.9 Å². The third kappa shape index (κ3) is 21.2. The van der Waals surface area contributed by atoms with Crippen molar-refractivity contribution in [2.75, 3.05) is 16.0 Å². The van der Waals surface area contributed by atoms with Crippen LogP contribution in [0.2, 0.25) is 109 Å². The summed E-state index contributed by atoms with van der Waals surface area (Å²) in [6.07, 6.45) is 0. The van der Waals surface area contributed by atoms with Gasteiger partial charge in [0.05, 0.1) is 0 Å². The van der Waals surface area contributed by atoms with Crippen LogP contribution in [-0.2, 0) is 19.6 Å². The van der Waals surface area contributed by atoms with Crippen molar-refractivity contribution in [3.63, 3.8) is 0 Å². The summed E-state index contributed by atoms with van der Waals surface area (Å²) in [7, 11) is -13.7. The number of anilines is 3. The largest absolute Gasteiger partial charge is 0.543 e. The van der Waals surface area contributed by atoms with E-state index in [0.717, 1.165) is 16.7 Å². The fourth-order valence-corrected chi connectivity index (χ4v) is 13.3. The number of carbonyl (C=O) groups is 3. The summed E-state index contributed by atoms with van der Waals surface area (Å²) in [5, 5.41) is 17.9. The van der Waals surface area contributed by atoms with Crippen LogP contribution in [0.3, 0.4) is 0 Å². The summed E-state index contributed by atoms with van der Waals surface area (Å²) in [6.45, 7) is 66.2. The first kappa shape index (κ1) is 74.3. The maximum absolute atomic E-state index is 14.0. The van der Waals surface area contributed by atoms with Crippen LogP contribution >= 0.6 is 0 Å². The van der Waals surface area contributed by atoms with Crippen LogP contribution in [0.15, 0.2) is 72.8 Å². The topological polar surface area (TPSA) is 179 Å². The molecule has 4 aromatic carbocycles. The average Bonchev–Trinajstić information content (AvgIpc) is 1.03. The van der Waals surface area contributed by atoms with Gasteiger partial charge in [-0.3, -0.25) is 0 Å². The zero-order valence-corrected chi connectivity index (χ0v) is 65.2. The summed E-state index contributed by atoms with van der Waals surface area (Å²) in [4.78, 5) is 42.0. The van der Waals surface area contributed by atoms with Crippen LogP contribution in [0.1, 0.15) is 141 Å². The number of benzene rings is 4. The fraction of sp³-hybridized carbons (Fsp3) is 0.591. The van der Waals surface area contributed by atoms with Crippen molar-refractivity contribution >= 4 is 85.1 Å². The molecule has 0 unspecified atom stereocenters. The Morgan fingerprint density at radius 3 is 0.563 bits per heavy atom. The molecular formula is C66H114N6O9Si6. The quantitative estimate of drug-likeness (QED) is 0.0443. The second-order valence-electron chi connectivity index (χ2n) is 32.8. The minimum Gasteiger partial charge on any atom is -0.543 e. The molecular weight excluding hydrogens is 1190 g/mol. The van der Waals surface area contributed by atoms with E-state index in [1.165, 1.54) is 0 Å². The molecule has 0 fully saturated rings. The summed E-state index contributed by atoms with van der Waals surface area (Å²) >= 11 is 0. The van der Waals surface area contributed by atoms with E-state index in [4.69, 9.17) is 26.6 Å². The molecule has 4 rings (SSSR count). The number of nitrogens with one attached hydrogen (secondary N) is 6. The summed E-state index contributed by atoms with van der Waals surface area (Å²) < 4.78 is 40.7. The van der Waals surface area contributed by atoms with Crippen molar-refractivity contribution in [2.24, 2.45) is 0 Å². The lowest BCUT2D eigenvalue weighted by atomic mass is 10.1. The number of carbonyl (C=O) groups excluding carboxylic acids is 3. The lowest BCUT2D eigenvalue weighted by Crippen LogP contribution is -2.44. The van der Waals surface area contributed by atoms with E-state index >= 15 is 0 Å². The van der Waals surface area contributed by atoms with Gasteiger partial charge in [-0.25, -0.2) is 14.4 Å². The van der Waals surface area contributed by atoms with Crippen molar-refractivity contribution in [3.8, 4) is 34.5 Å². The number of urea groups is 3. The summed E-state index contributed by atoms with van der Waals surface area (Å²) in [6, 6.07) is 21.4. The average molecular weight is 1300 g/mol. The maximum atomic E-state index is 14.0. The highest BCUT2D eigenvalue weighted by molar-refractivity contribution is 6.77. The van der Waals surface area contributed by atoms with E-state index in [2.05, 4.69) is 235 Å². The number of amides is 6. The normalized spacial score (nSPS) is 13.4. The van der Waals surface area contributed by atoms with Crippen molar-refractivity contribution in [3.05, 3.63) is 89.5 Å². The van der Waals surface area contributed by atoms with Gasteiger partial charge in [0.15, 0.2) is 0 Å². The zero-order chi connectivity index (χ0) is 66.8. The molecule has 0 saturated heterocycles. The predicted molar refractivity (Wildman–Crippen MR) is 380 cm³/mol. The molecule has 0 bridgehead atoms. The second-order valence-corrected chi connectivity index (χ2v) is 61.2. The van der Waals surface area contributed by atoms with E-state index in [0.29, 0.717) is 51.6 Å². The molecule has 6 amide bonds. The van der Waals surface area contributed by atoms with Crippen LogP contribution in [0.4, 0.5) is 31.4 Å². The lowest BCUT2D eigenvalue weighted by molar-refractivity contribution is 0.251. The van der Waals surface area contributed by atoms with Gasteiger partial charge in [0.2, 0.25) is 49.9 Å². The van der Waals surface area contributed by atoms with Crippen molar-refractivity contribution in [1.82, 2.24) is 16.0 Å². The van der Waals surface area contributed by atoms with E-state index in [1.807, 2.05) is 72.8 Å². The third-order valence-corrected chi connectivity index (χ3v) is 45.1. The van der Waals surface area contributed by atoms with Crippen LogP contribution in [0.25, 0.3) is 0 Å². The summed E-state index contributed by atoms with van der Waals surface area (Å²) in [5.41, 5.74) is 3.82. The highest BCUT2D eigenvalue weighted by atomic mass is 28.4. The zero-order valence-electron chi connectivity index (χ0n) is 59.2. The Balaban J connectivity index is 1.70. The molecule has 0 heterocycles. The minimum absolute atomic E-state index is 0.0632. The first-order valence-electron chi connectivity index (χ1n) is 30.9. The molecule has 0 aliphatic carbocycles. The first-order valence-corrected chi connectivity index (χ1v) is 48.3. The van der Waals surface area contributed by atoms with E-state index < -0.39 is 68.0 Å². The van der Waals surface area contributed by atoms with Gasteiger partial charge in [-0.15, -0.1) is 0 Å². The molecule has 486 valence electrons. The Morgan fingerprint density at radius 1 is 0.276 bits per heavy atom. The van der Waals surface area contributed by atoms with Gasteiger partial charge >= 0.3 is 18.1 Å². The molecule has 0 aliphatic rings. The van der Waals surface area contributed by atoms with Crippen LogP contribution in [-0.4, -0.2) is 68.0 Å². The molecule has 0 spiro atoms. The monoisotopic (exact) mass is 1300 g/mol. The third-order valence-electron chi connectivity index (χ3n) is 19.0. The number of rotatable bonds is 21. The Labute approximate surface area is 531 Å². The van der Waals surface area contributed by atoms with E-state index in [9.17, 15) is 14.4 Å². The maximum Gasteiger partial charge on any atom is 0.319 e. The Morgan fingerprint density at radius 2 is 0.425 bits per heavy atom. The van der Waals surface area contributed by atoms with Gasteiger partial charge < -0.3 is 58.5 Å². The standard InChI is InChI=1S/C66H114N6O9Si6/c1-61(2,3)82(19,20)76-52-34-49(35-53(40-52)77-83(21,22)62(4,5)6)70-58(73)67-43-46-31-47(44-68-59(74)71-50-36-54(78-84(23,24)63(7,8)9)41-55(37-50)79-85(25,26)64(10,11)12)33-48(32-46)45-69-60(75)72-51-38-56(80-86(27,28)65(13,14)15)42-57(39-51)81-87(29,30)66(16,17)18/h31-42H,43-45H2,1-30H3,(H2,67,70,73)(H2,68,71,74)(H2,69,72,75). The van der Waals surface area contributed by atoms with E-state index in [1.54, 1.807) is 0 Å². The van der Waals surface area contributed by atoms with Crippen LogP contribution in [0.5, 0.6) is 34.5 Å². The van der Waals surface area contributed by atoms with Crippen molar-refractivity contribution in [2.45, 2.75) is 253 Å². The highest BCUT2D eigenvalue weighted by Crippen LogP contribution is 2.45. The van der Waals surface area contributed by atoms with Gasteiger partial charge in [-0.2, -0.15) is 0 Å². The molecule has 15 nitrogen and oxygen atoms in total. The molecule has 0 saturated carbocycles. The fourth-order valence-electron chi connectivity index (χ4n) is 7.19. The van der Waals surface area contributed by atoms with Crippen molar-refractivity contribution < 1.29 is 40.9 Å². The highest BCUT2D eigenvalue weighted by Gasteiger charge is 2.44. The molecule has 87 heavy (non-hydrogen) atoms. The van der Waals surface area contributed by atoms with Gasteiger partial charge in [-0.1, -0.05) is 143 Å². The van der Waals surface area contributed by atoms with Gasteiger partial charge in [0.25, 0.3) is 0 Å². The Kier molecular flexibility index (Phi) is 22.8. The smallest absolute Gasteiger partial charge is 0.319 e. The summed E-state index contributed by atoms with van der Waals surface area (Å²) in [5.74, 6) is 3.82. The van der Waals surface area contributed by atoms with Gasteiger partial charge in [0, 0.05) is 91.3 Å². The van der Waals surface area contributed by atoms with Crippen LogP contribution in [0, 0.1) is 0 Å². The molecule has 0 aliphatic heterocycles. The first-order chi connectivity index (χ1) is 39.0. The molecule has 6 N–H and O–H groups in total. The minimum atomic E-state index is -2.28. The molecule has 0 radical (unpaired) electrons. The Bertz CT molecular complexity index is 2590. The van der Waals surface area contributed by atoms with Crippen LogP contribution < -0.4 is 58.5 Å². The lowest BCUT2D eigenvalue weighted by Gasteiger charge is -2.38. The predicted octanol–water partition coefficient (Wildman–Crippen LogP) is 20.0. The second kappa shape index (κ2) is 26.7. The van der Waals surface area contributed by atoms with Crippen molar-refractivity contribution in [1.29, 1.82) is 0 Å². The molecule has 0 atom stereocenters. The van der Waals surface area contributed by atoms with Gasteiger partial charge in [-0.05, 0) is 125 Å². The molecule has 21 heteroatoms. The number of hydrogen-bond acceptors (Lipinski definition) is 9.